The van der Waals surface area contributed by atoms with Crippen molar-refractivity contribution in [1.29, 1.82) is 0 Å². The minimum Gasteiger partial charge on any atom is -0.357 e. The SMILES string of the molecule is CCNC(=NCC1CCCS1)NCCCF.I. The summed E-state index contributed by atoms with van der Waals surface area (Å²) in [5.41, 5.74) is 0. The molecule has 6 heteroatoms. The molecule has 1 aliphatic rings. The van der Waals surface area contributed by atoms with Crippen LogP contribution in [0.15, 0.2) is 4.99 Å². The number of thioether (sulfide) groups is 1. The second-order valence-corrected chi connectivity index (χ2v) is 5.23. The van der Waals surface area contributed by atoms with Crippen LogP contribution in [-0.2, 0) is 0 Å². The molecule has 102 valence electrons. The number of aliphatic imine (C=N–C) groups is 1. The molecule has 1 rings (SSSR count). The van der Waals surface area contributed by atoms with Gasteiger partial charge >= 0.3 is 0 Å². The van der Waals surface area contributed by atoms with Crippen molar-refractivity contribution in [3.05, 3.63) is 0 Å². The molecule has 1 aliphatic heterocycles. The molecule has 1 atom stereocenters. The molecular formula is C11H23FIN3S. The highest BCUT2D eigenvalue weighted by Crippen LogP contribution is 2.25. The first-order valence-electron chi connectivity index (χ1n) is 6.06. The van der Waals surface area contributed by atoms with Gasteiger partial charge in [0.15, 0.2) is 5.96 Å². The van der Waals surface area contributed by atoms with E-state index in [-0.39, 0.29) is 30.7 Å². The first-order valence-corrected chi connectivity index (χ1v) is 7.11. The summed E-state index contributed by atoms with van der Waals surface area (Å²) in [7, 11) is 0. The maximum Gasteiger partial charge on any atom is 0.191 e. The molecular weight excluding hydrogens is 352 g/mol. The lowest BCUT2D eigenvalue weighted by Gasteiger charge is -2.11. The van der Waals surface area contributed by atoms with Crippen LogP contribution < -0.4 is 10.6 Å². The number of guanidine groups is 1. The van der Waals surface area contributed by atoms with E-state index in [1.165, 1.54) is 18.6 Å². The maximum absolute atomic E-state index is 12.0. The van der Waals surface area contributed by atoms with Crippen molar-refractivity contribution in [2.45, 2.75) is 31.4 Å². The van der Waals surface area contributed by atoms with Gasteiger partial charge in [0.05, 0.1) is 13.2 Å². The van der Waals surface area contributed by atoms with E-state index in [1.807, 2.05) is 18.7 Å². The Morgan fingerprint density at radius 2 is 2.29 bits per heavy atom. The third kappa shape index (κ3) is 8.07. The van der Waals surface area contributed by atoms with Crippen molar-refractivity contribution in [2.75, 3.05) is 32.1 Å². The summed E-state index contributed by atoms with van der Waals surface area (Å²) in [6, 6.07) is 0. The zero-order chi connectivity index (χ0) is 11.6. The van der Waals surface area contributed by atoms with Crippen molar-refractivity contribution in [1.82, 2.24) is 10.6 Å². The first-order chi connectivity index (χ1) is 7.86. The molecule has 0 amide bonds. The molecule has 1 heterocycles. The van der Waals surface area contributed by atoms with Gasteiger partial charge in [-0.25, -0.2) is 0 Å². The molecule has 0 aromatic carbocycles. The van der Waals surface area contributed by atoms with E-state index < -0.39 is 0 Å². The summed E-state index contributed by atoms with van der Waals surface area (Å²) in [5, 5.41) is 6.99. The summed E-state index contributed by atoms with van der Waals surface area (Å²) in [4.78, 5) is 4.52. The topological polar surface area (TPSA) is 36.4 Å². The molecule has 0 bridgehead atoms. The third-order valence-corrected chi connectivity index (χ3v) is 3.80. The van der Waals surface area contributed by atoms with Crippen LogP contribution in [-0.4, -0.2) is 43.3 Å². The van der Waals surface area contributed by atoms with Crippen molar-refractivity contribution < 1.29 is 4.39 Å². The minimum absolute atomic E-state index is 0. The number of alkyl halides is 1. The lowest BCUT2D eigenvalue weighted by Crippen LogP contribution is -2.38. The van der Waals surface area contributed by atoms with E-state index in [9.17, 15) is 4.39 Å². The Balaban J connectivity index is 0.00000256. The summed E-state index contributed by atoms with van der Waals surface area (Å²) in [6.45, 7) is 4.14. The number of hydrogen-bond acceptors (Lipinski definition) is 2. The van der Waals surface area contributed by atoms with Crippen LogP contribution in [0.3, 0.4) is 0 Å². The van der Waals surface area contributed by atoms with Crippen LogP contribution >= 0.6 is 35.7 Å². The van der Waals surface area contributed by atoms with E-state index >= 15 is 0 Å². The van der Waals surface area contributed by atoms with Gasteiger partial charge in [0.25, 0.3) is 0 Å². The molecule has 0 spiro atoms. The van der Waals surface area contributed by atoms with Gasteiger partial charge < -0.3 is 10.6 Å². The molecule has 1 saturated heterocycles. The Kier molecular flexibility index (Phi) is 11.6. The average molecular weight is 375 g/mol. The third-order valence-electron chi connectivity index (χ3n) is 2.42. The first kappa shape index (κ1) is 17.3. The van der Waals surface area contributed by atoms with Gasteiger partial charge in [0.1, 0.15) is 0 Å². The Morgan fingerprint density at radius 1 is 1.47 bits per heavy atom. The Hall–Kier alpha value is 0.280. The lowest BCUT2D eigenvalue weighted by atomic mass is 10.2. The Morgan fingerprint density at radius 3 is 2.88 bits per heavy atom. The molecule has 0 aromatic rings. The summed E-state index contributed by atoms with van der Waals surface area (Å²) >= 11 is 2.01. The predicted octanol–water partition coefficient (Wildman–Crippen LogP) is 2.41. The van der Waals surface area contributed by atoms with Crippen LogP contribution in [0.5, 0.6) is 0 Å². The highest BCUT2D eigenvalue weighted by atomic mass is 127. The van der Waals surface area contributed by atoms with Crippen molar-refractivity contribution in [2.24, 2.45) is 4.99 Å². The van der Waals surface area contributed by atoms with Crippen LogP contribution in [0.1, 0.15) is 26.2 Å². The van der Waals surface area contributed by atoms with Gasteiger partial charge in [-0.3, -0.25) is 9.38 Å². The highest BCUT2D eigenvalue weighted by Gasteiger charge is 2.14. The fourth-order valence-electron chi connectivity index (χ4n) is 1.60. The molecule has 1 fully saturated rings. The average Bonchev–Trinajstić information content (AvgIpc) is 2.79. The van der Waals surface area contributed by atoms with Crippen LogP contribution in [0.2, 0.25) is 0 Å². The van der Waals surface area contributed by atoms with Crippen LogP contribution in [0.4, 0.5) is 4.39 Å². The number of rotatable bonds is 6. The quantitative estimate of drug-likeness (QED) is 0.324. The normalized spacial score (nSPS) is 19.9. The van der Waals surface area contributed by atoms with Crippen molar-refractivity contribution >= 4 is 41.7 Å². The molecule has 0 radical (unpaired) electrons. The van der Waals surface area contributed by atoms with E-state index in [0.717, 1.165) is 19.0 Å². The molecule has 17 heavy (non-hydrogen) atoms. The minimum atomic E-state index is -0.273. The van der Waals surface area contributed by atoms with Crippen LogP contribution in [0, 0.1) is 0 Å². The predicted molar refractivity (Wildman–Crippen MR) is 85.5 cm³/mol. The fourth-order valence-corrected chi connectivity index (χ4v) is 2.78. The van der Waals surface area contributed by atoms with Gasteiger partial charge in [0, 0.05) is 18.3 Å². The zero-order valence-electron chi connectivity index (χ0n) is 10.4. The van der Waals surface area contributed by atoms with E-state index in [1.54, 1.807) is 0 Å². The highest BCUT2D eigenvalue weighted by molar-refractivity contribution is 14.0. The standard InChI is InChI=1S/C11H22FN3S.HI/c1-2-13-11(14-7-4-6-12)15-9-10-5-3-8-16-10;/h10H,2-9H2,1H3,(H2,13,14,15);1H. The zero-order valence-corrected chi connectivity index (χ0v) is 13.5. The monoisotopic (exact) mass is 375 g/mol. The number of nitrogens with zero attached hydrogens (tertiary/aromatic N) is 1. The largest absolute Gasteiger partial charge is 0.357 e. The Labute approximate surface area is 125 Å². The number of halogens is 2. The molecule has 3 nitrogen and oxygen atoms in total. The van der Waals surface area contributed by atoms with Gasteiger partial charge in [-0.1, -0.05) is 0 Å². The van der Waals surface area contributed by atoms with E-state index in [0.29, 0.717) is 18.2 Å². The Bertz CT molecular complexity index is 211. The van der Waals surface area contributed by atoms with Gasteiger partial charge in [-0.05, 0) is 31.9 Å². The molecule has 0 saturated carbocycles. The van der Waals surface area contributed by atoms with Gasteiger partial charge in [0.2, 0.25) is 0 Å². The van der Waals surface area contributed by atoms with Gasteiger partial charge in [-0.2, -0.15) is 11.8 Å². The fraction of sp³-hybridized carbons (Fsp3) is 0.909. The molecule has 2 N–H and O–H groups in total. The van der Waals surface area contributed by atoms with Crippen molar-refractivity contribution in [3.8, 4) is 0 Å². The van der Waals surface area contributed by atoms with Crippen LogP contribution in [0.25, 0.3) is 0 Å². The smallest absolute Gasteiger partial charge is 0.191 e. The van der Waals surface area contributed by atoms with E-state index in [2.05, 4.69) is 15.6 Å². The second-order valence-electron chi connectivity index (χ2n) is 3.82. The van der Waals surface area contributed by atoms with Gasteiger partial charge in [-0.15, -0.1) is 24.0 Å². The summed E-state index contributed by atoms with van der Waals surface area (Å²) in [5.74, 6) is 2.09. The lowest BCUT2D eigenvalue weighted by molar-refractivity contribution is 0.470. The molecule has 0 aromatic heterocycles. The second kappa shape index (κ2) is 11.4. The summed E-state index contributed by atoms with van der Waals surface area (Å²) in [6.07, 6.45) is 3.14. The van der Waals surface area contributed by atoms with Crippen molar-refractivity contribution in [3.63, 3.8) is 0 Å². The number of nitrogens with one attached hydrogen (secondary N) is 2. The summed E-state index contributed by atoms with van der Waals surface area (Å²) < 4.78 is 12.0. The number of hydrogen-bond donors (Lipinski definition) is 2. The molecule has 1 unspecified atom stereocenters. The molecule has 0 aliphatic carbocycles. The van der Waals surface area contributed by atoms with E-state index in [4.69, 9.17) is 0 Å². The maximum atomic E-state index is 12.0.